The molecule has 0 saturated heterocycles. The van der Waals surface area contributed by atoms with Gasteiger partial charge in [0, 0.05) is 23.1 Å². The number of hydrogen-bond acceptors (Lipinski definition) is 8. The van der Waals surface area contributed by atoms with Crippen LogP contribution in [0.2, 0.25) is 0 Å². The van der Waals surface area contributed by atoms with E-state index in [1.807, 2.05) is 24.3 Å². The normalized spacial score (nSPS) is 21.2. The van der Waals surface area contributed by atoms with Gasteiger partial charge in [-0.1, -0.05) is 18.2 Å². The molecule has 32 heavy (non-hydrogen) atoms. The summed E-state index contributed by atoms with van der Waals surface area (Å²) in [6, 6.07) is 12.8. The SMILES string of the molecule is CC(O)c1ccnc(-n2ncc3ccc(-c4cccc(C(N)(O)C5CC(O)C5)n4)cc32)n1. The molecule has 1 fully saturated rings. The second-order valence-electron chi connectivity index (χ2n) is 8.34. The molecule has 2 atom stereocenters. The van der Waals surface area contributed by atoms with Gasteiger partial charge in [-0.15, -0.1) is 0 Å². The fourth-order valence-electron chi connectivity index (χ4n) is 4.01. The average molecular weight is 432 g/mol. The Morgan fingerprint density at radius 2 is 1.97 bits per heavy atom. The van der Waals surface area contributed by atoms with Crippen molar-refractivity contribution in [1.29, 1.82) is 0 Å². The molecule has 5 N–H and O–H groups in total. The van der Waals surface area contributed by atoms with Crippen LogP contribution in [0, 0.1) is 5.92 Å². The van der Waals surface area contributed by atoms with Crippen molar-refractivity contribution < 1.29 is 15.3 Å². The van der Waals surface area contributed by atoms with Crippen LogP contribution in [-0.4, -0.2) is 46.2 Å². The Kier molecular flexibility index (Phi) is 4.98. The predicted molar refractivity (Wildman–Crippen MR) is 117 cm³/mol. The number of pyridine rings is 1. The van der Waals surface area contributed by atoms with Crippen molar-refractivity contribution in [2.75, 3.05) is 0 Å². The molecule has 1 aliphatic rings. The number of aromatic nitrogens is 5. The number of benzene rings is 1. The van der Waals surface area contributed by atoms with E-state index in [4.69, 9.17) is 5.73 Å². The maximum atomic E-state index is 10.9. The monoisotopic (exact) mass is 432 g/mol. The van der Waals surface area contributed by atoms with Crippen molar-refractivity contribution in [1.82, 2.24) is 24.7 Å². The highest BCUT2D eigenvalue weighted by Gasteiger charge is 2.43. The van der Waals surface area contributed by atoms with E-state index < -0.39 is 17.9 Å². The van der Waals surface area contributed by atoms with Gasteiger partial charge in [0.25, 0.3) is 5.95 Å². The Hall–Kier alpha value is -3.24. The number of nitrogens with zero attached hydrogens (tertiary/aromatic N) is 5. The Morgan fingerprint density at radius 1 is 1.16 bits per heavy atom. The molecular formula is C23H24N6O3. The summed E-state index contributed by atoms with van der Waals surface area (Å²) in [5, 5.41) is 35.6. The third kappa shape index (κ3) is 3.55. The van der Waals surface area contributed by atoms with E-state index in [1.165, 1.54) is 0 Å². The topological polar surface area (TPSA) is 143 Å². The van der Waals surface area contributed by atoms with Gasteiger partial charge >= 0.3 is 0 Å². The minimum absolute atomic E-state index is 0.234. The highest BCUT2D eigenvalue weighted by molar-refractivity contribution is 5.84. The van der Waals surface area contributed by atoms with E-state index in [0.29, 0.717) is 35.9 Å². The standard InChI is InChI=1S/C23H24N6O3/c1-13(30)18-7-8-25-22(28-18)29-20-9-14(5-6-15(20)12-26-29)19-3-2-4-21(27-19)23(24,32)16-10-17(31)11-16/h2-9,12-13,16-17,30-32H,10-11,24H2,1H3. The summed E-state index contributed by atoms with van der Waals surface area (Å²) in [5.41, 5.74) is 7.72. The molecule has 0 aliphatic heterocycles. The van der Waals surface area contributed by atoms with Crippen LogP contribution in [-0.2, 0) is 5.72 Å². The summed E-state index contributed by atoms with van der Waals surface area (Å²) in [6.07, 6.45) is 3.09. The lowest BCUT2D eigenvalue weighted by Gasteiger charge is -2.41. The first-order chi connectivity index (χ1) is 15.3. The van der Waals surface area contributed by atoms with Gasteiger partial charge in [-0.05, 0) is 44.0 Å². The summed E-state index contributed by atoms with van der Waals surface area (Å²) < 4.78 is 1.61. The summed E-state index contributed by atoms with van der Waals surface area (Å²) in [6.45, 7) is 1.65. The van der Waals surface area contributed by atoms with E-state index >= 15 is 0 Å². The van der Waals surface area contributed by atoms with Gasteiger partial charge in [0.05, 0.1) is 41.0 Å². The van der Waals surface area contributed by atoms with Gasteiger partial charge < -0.3 is 15.3 Å². The molecule has 1 aromatic carbocycles. The summed E-state index contributed by atoms with van der Waals surface area (Å²) in [4.78, 5) is 13.3. The van der Waals surface area contributed by atoms with E-state index in [9.17, 15) is 15.3 Å². The second kappa shape index (κ2) is 7.72. The lowest BCUT2D eigenvalue weighted by Crippen LogP contribution is -2.51. The summed E-state index contributed by atoms with van der Waals surface area (Å²) in [7, 11) is 0. The van der Waals surface area contributed by atoms with E-state index in [1.54, 1.807) is 42.2 Å². The predicted octanol–water partition coefficient (Wildman–Crippen LogP) is 1.81. The van der Waals surface area contributed by atoms with Crippen LogP contribution in [0.1, 0.15) is 37.3 Å². The molecule has 0 radical (unpaired) electrons. The molecule has 0 bridgehead atoms. The lowest BCUT2D eigenvalue weighted by molar-refractivity contribution is -0.102. The molecule has 0 spiro atoms. The zero-order valence-corrected chi connectivity index (χ0v) is 17.5. The molecule has 164 valence electrons. The van der Waals surface area contributed by atoms with Crippen molar-refractivity contribution >= 4 is 10.9 Å². The molecule has 1 aliphatic carbocycles. The third-order valence-electron chi connectivity index (χ3n) is 6.04. The van der Waals surface area contributed by atoms with Crippen LogP contribution < -0.4 is 5.73 Å². The molecule has 9 heteroatoms. The minimum atomic E-state index is -1.60. The van der Waals surface area contributed by atoms with Crippen LogP contribution >= 0.6 is 0 Å². The number of hydrogen-bond donors (Lipinski definition) is 4. The molecule has 1 saturated carbocycles. The summed E-state index contributed by atoms with van der Waals surface area (Å²) in [5.74, 6) is 0.125. The van der Waals surface area contributed by atoms with Crippen molar-refractivity contribution in [3.05, 3.63) is 66.2 Å². The van der Waals surface area contributed by atoms with Gasteiger partial charge in [0.1, 0.15) is 0 Å². The molecule has 9 nitrogen and oxygen atoms in total. The Bertz CT molecular complexity index is 1280. The van der Waals surface area contributed by atoms with Crippen molar-refractivity contribution in [3.63, 3.8) is 0 Å². The zero-order chi connectivity index (χ0) is 22.5. The van der Waals surface area contributed by atoms with Crippen LogP contribution in [0.4, 0.5) is 0 Å². The highest BCUT2D eigenvalue weighted by Crippen LogP contribution is 2.39. The molecule has 2 unspecified atom stereocenters. The minimum Gasteiger partial charge on any atom is -0.393 e. The Balaban J connectivity index is 1.54. The van der Waals surface area contributed by atoms with E-state index in [0.717, 1.165) is 16.5 Å². The zero-order valence-electron chi connectivity index (χ0n) is 17.5. The Morgan fingerprint density at radius 3 is 2.72 bits per heavy atom. The van der Waals surface area contributed by atoms with Gasteiger partial charge in [-0.3, -0.25) is 5.73 Å². The second-order valence-corrected chi connectivity index (χ2v) is 8.34. The maximum absolute atomic E-state index is 10.9. The molecule has 5 rings (SSSR count). The van der Waals surface area contributed by atoms with Crippen molar-refractivity contribution in [3.8, 4) is 17.2 Å². The van der Waals surface area contributed by atoms with Crippen LogP contribution in [0.25, 0.3) is 28.1 Å². The molecular weight excluding hydrogens is 408 g/mol. The van der Waals surface area contributed by atoms with Crippen LogP contribution in [0.5, 0.6) is 0 Å². The molecule has 3 aromatic heterocycles. The van der Waals surface area contributed by atoms with Crippen LogP contribution in [0.15, 0.2) is 54.9 Å². The largest absolute Gasteiger partial charge is 0.393 e. The van der Waals surface area contributed by atoms with Crippen molar-refractivity contribution in [2.45, 2.75) is 37.7 Å². The van der Waals surface area contributed by atoms with Crippen LogP contribution in [0.3, 0.4) is 0 Å². The highest BCUT2D eigenvalue weighted by atomic mass is 16.3. The van der Waals surface area contributed by atoms with Gasteiger partial charge in [0.15, 0.2) is 5.72 Å². The molecule has 4 aromatic rings. The average Bonchev–Trinajstić information content (AvgIpc) is 3.20. The van der Waals surface area contributed by atoms with Gasteiger partial charge in [-0.2, -0.15) is 9.78 Å². The fourth-order valence-corrected chi connectivity index (χ4v) is 4.01. The number of fused-ring (bicyclic) bond motifs is 1. The number of nitrogens with two attached hydrogens (primary N) is 1. The number of rotatable bonds is 5. The molecule has 0 amide bonds. The molecule has 3 heterocycles. The first-order valence-corrected chi connectivity index (χ1v) is 10.5. The van der Waals surface area contributed by atoms with Gasteiger partial charge in [-0.25, -0.2) is 15.0 Å². The number of aliphatic hydroxyl groups is 3. The number of aliphatic hydroxyl groups excluding tert-OH is 2. The van der Waals surface area contributed by atoms with Crippen molar-refractivity contribution in [2.24, 2.45) is 11.7 Å². The fraction of sp³-hybridized carbons (Fsp3) is 0.304. The third-order valence-corrected chi connectivity index (χ3v) is 6.04. The first kappa shape index (κ1) is 20.7. The van der Waals surface area contributed by atoms with Gasteiger partial charge in [0.2, 0.25) is 0 Å². The first-order valence-electron chi connectivity index (χ1n) is 10.5. The smallest absolute Gasteiger partial charge is 0.251 e. The summed E-state index contributed by atoms with van der Waals surface area (Å²) >= 11 is 0. The Labute approximate surface area is 184 Å². The van der Waals surface area contributed by atoms with E-state index in [-0.39, 0.29) is 5.92 Å². The van der Waals surface area contributed by atoms with E-state index in [2.05, 4.69) is 20.1 Å². The maximum Gasteiger partial charge on any atom is 0.251 e. The lowest BCUT2D eigenvalue weighted by atomic mass is 9.74. The quantitative estimate of drug-likeness (QED) is 0.350.